The topological polar surface area (TPSA) is 45.1 Å². The number of hydrogen-bond acceptors (Lipinski definition) is 4. The Balaban J connectivity index is 2.60. The maximum Gasteiger partial charge on any atom is 0.434 e. The molecule has 0 amide bonds. The van der Waals surface area contributed by atoms with Gasteiger partial charge in [-0.3, -0.25) is 0 Å². The summed E-state index contributed by atoms with van der Waals surface area (Å²) in [5.74, 6) is 0. The highest BCUT2D eigenvalue weighted by Crippen LogP contribution is 2.31. The number of aliphatic hydroxyl groups is 1. The minimum Gasteiger partial charge on any atom is -0.392 e. The molecule has 0 aromatic carbocycles. The number of alkyl halides is 3. The van der Waals surface area contributed by atoms with Gasteiger partial charge in [0.15, 0.2) is 10.8 Å². The minimum atomic E-state index is -4.40. The van der Waals surface area contributed by atoms with Gasteiger partial charge in [-0.1, -0.05) is 0 Å². The Bertz CT molecular complexity index is 297. The molecule has 0 aliphatic rings. The molecule has 2 N–H and O–H groups in total. The van der Waals surface area contributed by atoms with Crippen LogP contribution < -0.4 is 5.32 Å². The van der Waals surface area contributed by atoms with E-state index in [4.69, 9.17) is 5.11 Å². The molecule has 1 heterocycles. The lowest BCUT2D eigenvalue weighted by molar-refractivity contribution is -0.140. The maximum absolute atomic E-state index is 12.1. The van der Waals surface area contributed by atoms with Crippen LogP contribution in [-0.4, -0.2) is 22.7 Å². The molecule has 0 saturated heterocycles. The molecule has 80 valence electrons. The molecule has 0 bridgehead atoms. The van der Waals surface area contributed by atoms with Crippen LogP contribution in [0.25, 0.3) is 0 Å². The molecule has 0 aliphatic carbocycles. The molecular weight excluding hydrogens is 217 g/mol. The summed E-state index contributed by atoms with van der Waals surface area (Å²) >= 11 is 0.865. The predicted molar refractivity (Wildman–Crippen MR) is 47.3 cm³/mol. The molecule has 1 aromatic rings. The lowest BCUT2D eigenvalue weighted by atomic mass is 10.4. The van der Waals surface area contributed by atoms with E-state index >= 15 is 0 Å². The zero-order valence-corrected chi connectivity index (χ0v) is 8.11. The lowest BCUT2D eigenvalue weighted by Crippen LogP contribution is -2.15. The predicted octanol–water partition coefficient (Wildman–Crippen LogP) is 1.95. The van der Waals surface area contributed by atoms with E-state index in [-0.39, 0.29) is 11.7 Å². The monoisotopic (exact) mass is 226 g/mol. The Kier molecular flexibility index (Phi) is 3.33. The number of aliphatic hydroxyl groups excluding tert-OH is 1. The highest BCUT2D eigenvalue weighted by Gasteiger charge is 2.33. The fourth-order valence-corrected chi connectivity index (χ4v) is 1.45. The van der Waals surface area contributed by atoms with Crippen molar-refractivity contribution in [3.05, 3.63) is 11.1 Å². The fourth-order valence-electron chi connectivity index (χ4n) is 0.720. The van der Waals surface area contributed by atoms with Crippen molar-refractivity contribution in [2.24, 2.45) is 0 Å². The average molecular weight is 226 g/mol. The van der Waals surface area contributed by atoms with Crippen LogP contribution in [-0.2, 0) is 6.18 Å². The Hall–Kier alpha value is -0.820. The largest absolute Gasteiger partial charge is 0.434 e. The third-order valence-electron chi connectivity index (χ3n) is 1.34. The van der Waals surface area contributed by atoms with Gasteiger partial charge in [0.25, 0.3) is 0 Å². The smallest absolute Gasteiger partial charge is 0.392 e. The molecule has 0 aliphatic heterocycles. The van der Waals surface area contributed by atoms with Gasteiger partial charge in [-0.05, 0) is 6.92 Å². The lowest BCUT2D eigenvalue weighted by Gasteiger charge is -2.04. The quantitative estimate of drug-likeness (QED) is 0.828. The number of anilines is 1. The highest BCUT2D eigenvalue weighted by molar-refractivity contribution is 7.13. The van der Waals surface area contributed by atoms with Gasteiger partial charge in [0, 0.05) is 11.9 Å². The van der Waals surface area contributed by atoms with Gasteiger partial charge in [0.2, 0.25) is 0 Å². The van der Waals surface area contributed by atoms with Crippen LogP contribution in [0.3, 0.4) is 0 Å². The van der Waals surface area contributed by atoms with Crippen LogP contribution in [0.5, 0.6) is 0 Å². The van der Waals surface area contributed by atoms with E-state index in [0.717, 1.165) is 16.7 Å². The van der Waals surface area contributed by atoms with Gasteiger partial charge in [-0.15, -0.1) is 11.3 Å². The molecule has 1 aromatic heterocycles. The van der Waals surface area contributed by atoms with Crippen molar-refractivity contribution in [3.8, 4) is 0 Å². The summed E-state index contributed by atoms with van der Waals surface area (Å²) in [7, 11) is 0. The average Bonchev–Trinajstić information content (AvgIpc) is 2.47. The minimum absolute atomic E-state index is 0.165. The maximum atomic E-state index is 12.1. The van der Waals surface area contributed by atoms with Crippen LogP contribution in [0.2, 0.25) is 0 Å². The van der Waals surface area contributed by atoms with Crippen molar-refractivity contribution >= 4 is 16.5 Å². The van der Waals surface area contributed by atoms with Crippen LogP contribution in [0.15, 0.2) is 5.38 Å². The van der Waals surface area contributed by atoms with Crippen molar-refractivity contribution in [3.63, 3.8) is 0 Å². The van der Waals surface area contributed by atoms with E-state index in [1.165, 1.54) is 6.92 Å². The summed E-state index contributed by atoms with van der Waals surface area (Å²) in [6.07, 6.45) is -5.02. The van der Waals surface area contributed by atoms with Gasteiger partial charge < -0.3 is 10.4 Å². The SMILES string of the molecule is CC(O)CNc1nc(C(F)(F)F)cs1. The van der Waals surface area contributed by atoms with E-state index in [1.54, 1.807) is 0 Å². The number of hydrogen-bond donors (Lipinski definition) is 2. The Morgan fingerprint density at radius 3 is 2.71 bits per heavy atom. The van der Waals surface area contributed by atoms with E-state index in [0.29, 0.717) is 0 Å². The first-order valence-electron chi connectivity index (χ1n) is 3.84. The van der Waals surface area contributed by atoms with Gasteiger partial charge in [-0.2, -0.15) is 13.2 Å². The molecule has 1 atom stereocenters. The first kappa shape index (κ1) is 11.3. The Morgan fingerprint density at radius 1 is 1.64 bits per heavy atom. The second-order valence-electron chi connectivity index (χ2n) is 2.77. The third kappa shape index (κ3) is 3.15. The summed E-state index contributed by atoms with van der Waals surface area (Å²) in [6.45, 7) is 1.72. The molecule has 1 unspecified atom stereocenters. The first-order chi connectivity index (χ1) is 6.39. The van der Waals surface area contributed by atoms with Gasteiger partial charge >= 0.3 is 6.18 Å². The third-order valence-corrected chi connectivity index (χ3v) is 2.14. The van der Waals surface area contributed by atoms with Crippen molar-refractivity contribution in [2.45, 2.75) is 19.2 Å². The zero-order valence-electron chi connectivity index (χ0n) is 7.30. The number of rotatable bonds is 3. The Morgan fingerprint density at radius 2 is 2.29 bits per heavy atom. The van der Waals surface area contributed by atoms with Gasteiger partial charge in [-0.25, -0.2) is 4.98 Å². The molecule has 0 spiro atoms. The molecule has 0 fully saturated rings. The normalized spacial score (nSPS) is 14.1. The van der Waals surface area contributed by atoms with E-state index in [1.807, 2.05) is 0 Å². The summed E-state index contributed by atoms with van der Waals surface area (Å²) in [4.78, 5) is 3.32. The molecule has 3 nitrogen and oxygen atoms in total. The summed E-state index contributed by atoms with van der Waals surface area (Å²) in [5, 5.41) is 12.6. The van der Waals surface area contributed by atoms with Gasteiger partial charge in [0.05, 0.1) is 6.10 Å². The summed E-state index contributed by atoms with van der Waals surface area (Å²) < 4.78 is 36.2. The second-order valence-corrected chi connectivity index (χ2v) is 3.62. The van der Waals surface area contributed by atoms with E-state index in [2.05, 4.69) is 10.3 Å². The number of halogens is 3. The molecule has 7 heteroatoms. The van der Waals surface area contributed by atoms with Crippen LogP contribution >= 0.6 is 11.3 Å². The molecule has 1 rings (SSSR count). The number of thiazole rings is 1. The van der Waals surface area contributed by atoms with Crippen molar-refractivity contribution in [2.75, 3.05) is 11.9 Å². The zero-order chi connectivity index (χ0) is 10.8. The van der Waals surface area contributed by atoms with Crippen molar-refractivity contribution < 1.29 is 18.3 Å². The van der Waals surface area contributed by atoms with Crippen LogP contribution in [0, 0.1) is 0 Å². The molecule has 14 heavy (non-hydrogen) atoms. The van der Waals surface area contributed by atoms with Crippen LogP contribution in [0.1, 0.15) is 12.6 Å². The van der Waals surface area contributed by atoms with Crippen LogP contribution in [0.4, 0.5) is 18.3 Å². The number of aromatic nitrogens is 1. The molecular formula is C7H9F3N2OS. The van der Waals surface area contributed by atoms with Crippen molar-refractivity contribution in [1.82, 2.24) is 4.98 Å². The summed E-state index contributed by atoms with van der Waals surface area (Å²) in [6, 6.07) is 0. The van der Waals surface area contributed by atoms with Gasteiger partial charge in [0.1, 0.15) is 0 Å². The first-order valence-corrected chi connectivity index (χ1v) is 4.72. The van der Waals surface area contributed by atoms with E-state index in [9.17, 15) is 13.2 Å². The second kappa shape index (κ2) is 4.14. The molecule has 0 saturated carbocycles. The fraction of sp³-hybridized carbons (Fsp3) is 0.571. The van der Waals surface area contributed by atoms with Crippen molar-refractivity contribution in [1.29, 1.82) is 0 Å². The highest BCUT2D eigenvalue weighted by atomic mass is 32.1. The number of nitrogens with one attached hydrogen (secondary N) is 1. The molecule has 0 radical (unpaired) electrons. The standard InChI is InChI=1S/C7H9F3N2OS/c1-4(13)2-11-6-12-5(3-14-6)7(8,9)10/h3-4,13H,2H2,1H3,(H,11,12). The number of nitrogens with zero attached hydrogens (tertiary/aromatic N) is 1. The Labute approximate surface area is 82.6 Å². The van der Waals surface area contributed by atoms with E-state index < -0.39 is 18.0 Å². The summed E-state index contributed by atoms with van der Waals surface area (Å²) in [5.41, 5.74) is -0.907.